The lowest BCUT2D eigenvalue weighted by atomic mass is 9.93. The van der Waals surface area contributed by atoms with Gasteiger partial charge in [-0.3, -0.25) is 0 Å². The molecule has 0 unspecified atom stereocenters. The maximum atomic E-state index is 13.2. The third kappa shape index (κ3) is 3.86. The van der Waals surface area contributed by atoms with Crippen LogP contribution in [0.1, 0.15) is 42.5 Å². The van der Waals surface area contributed by atoms with E-state index >= 15 is 0 Å². The van der Waals surface area contributed by atoms with Gasteiger partial charge in [0.25, 0.3) is 0 Å². The summed E-state index contributed by atoms with van der Waals surface area (Å²) in [5, 5.41) is 16.2. The van der Waals surface area contributed by atoms with E-state index in [0.29, 0.717) is 11.4 Å². The van der Waals surface area contributed by atoms with Crippen molar-refractivity contribution in [1.29, 1.82) is 0 Å². The van der Waals surface area contributed by atoms with Crippen molar-refractivity contribution in [2.75, 3.05) is 5.32 Å². The molecular weight excluding hydrogens is 361 g/mol. The Labute approximate surface area is 152 Å². The van der Waals surface area contributed by atoms with Crippen molar-refractivity contribution in [3.63, 3.8) is 0 Å². The Balaban J connectivity index is 2.11. The van der Waals surface area contributed by atoms with Crippen LogP contribution in [0.15, 0.2) is 36.4 Å². The van der Waals surface area contributed by atoms with Crippen LogP contribution in [0.4, 0.5) is 24.7 Å². The molecule has 0 aliphatic heterocycles. The lowest BCUT2D eigenvalue weighted by Crippen LogP contribution is -2.13. The molecule has 0 radical (unpaired) electrons. The largest absolute Gasteiger partial charge is 0.478 e. The molecule has 2 N–H and O–H groups in total. The van der Waals surface area contributed by atoms with Crippen LogP contribution in [0.2, 0.25) is 0 Å². The van der Waals surface area contributed by atoms with Crippen molar-refractivity contribution >= 4 is 23.1 Å². The topological polar surface area (TPSA) is 79.5 Å². The zero-order valence-electron chi connectivity index (χ0n) is 14.8. The quantitative estimate of drug-likeness (QED) is 0.702. The van der Waals surface area contributed by atoms with E-state index in [2.05, 4.69) is 15.4 Å². The summed E-state index contributed by atoms with van der Waals surface area (Å²) in [7, 11) is 0. The molecule has 0 fully saturated rings. The number of carboxylic acids is 1. The van der Waals surface area contributed by atoms with Crippen LogP contribution in [0.3, 0.4) is 0 Å². The number of hydrogen-bond donors (Lipinski definition) is 2. The summed E-state index contributed by atoms with van der Waals surface area (Å²) in [6.07, 6.45) is -4.61. The highest BCUT2D eigenvalue weighted by atomic mass is 19.4. The third-order valence-electron chi connectivity index (χ3n) is 3.89. The molecule has 3 aromatic rings. The second kappa shape index (κ2) is 6.26. The molecule has 9 heteroatoms. The summed E-state index contributed by atoms with van der Waals surface area (Å²) >= 11 is 0. The first-order chi connectivity index (χ1) is 12.4. The summed E-state index contributed by atoms with van der Waals surface area (Å²) in [6.45, 7) is 5.70. The van der Waals surface area contributed by atoms with Crippen LogP contribution >= 0.6 is 0 Å². The SMILES string of the molecule is CC(C)(C)c1cc2nc(C(F)(F)F)cc(Nc3ccc(C(=O)O)cc3)n2n1. The molecule has 2 aromatic heterocycles. The molecule has 27 heavy (non-hydrogen) atoms. The third-order valence-corrected chi connectivity index (χ3v) is 3.89. The minimum atomic E-state index is -4.61. The van der Waals surface area contributed by atoms with E-state index in [9.17, 15) is 18.0 Å². The van der Waals surface area contributed by atoms with Gasteiger partial charge >= 0.3 is 12.1 Å². The molecule has 0 aliphatic carbocycles. The molecular formula is C18H17F3N4O2. The van der Waals surface area contributed by atoms with E-state index < -0.39 is 17.8 Å². The van der Waals surface area contributed by atoms with Gasteiger partial charge in [-0.25, -0.2) is 9.78 Å². The Hall–Kier alpha value is -3.10. The van der Waals surface area contributed by atoms with Gasteiger partial charge in [0.1, 0.15) is 5.82 Å². The Bertz CT molecular complexity index is 1000. The molecule has 1 aromatic carbocycles. The van der Waals surface area contributed by atoms with Gasteiger partial charge in [-0.2, -0.15) is 22.8 Å². The fraction of sp³-hybridized carbons (Fsp3) is 0.278. The number of aromatic carboxylic acids is 1. The highest BCUT2D eigenvalue weighted by Gasteiger charge is 2.34. The van der Waals surface area contributed by atoms with Crippen molar-refractivity contribution in [2.45, 2.75) is 32.4 Å². The monoisotopic (exact) mass is 378 g/mol. The Morgan fingerprint density at radius 1 is 1.07 bits per heavy atom. The predicted molar refractivity (Wildman–Crippen MR) is 93.4 cm³/mol. The minimum Gasteiger partial charge on any atom is -0.478 e. The van der Waals surface area contributed by atoms with Crippen LogP contribution in [-0.2, 0) is 11.6 Å². The van der Waals surface area contributed by atoms with Crippen LogP contribution in [0.25, 0.3) is 5.65 Å². The smallest absolute Gasteiger partial charge is 0.433 e. The highest BCUT2D eigenvalue weighted by molar-refractivity contribution is 5.88. The molecule has 0 atom stereocenters. The van der Waals surface area contributed by atoms with Crippen LogP contribution < -0.4 is 5.32 Å². The van der Waals surface area contributed by atoms with E-state index in [0.717, 1.165) is 6.07 Å². The number of nitrogens with zero attached hydrogens (tertiary/aromatic N) is 3. The molecule has 142 valence electrons. The second-order valence-electron chi connectivity index (χ2n) is 7.08. The molecule has 0 spiro atoms. The molecule has 0 amide bonds. The number of nitrogens with one attached hydrogen (secondary N) is 1. The minimum absolute atomic E-state index is 0.0689. The number of rotatable bonds is 3. The van der Waals surface area contributed by atoms with E-state index in [1.54, 1.807) is 0 Å². The first-order valence-corrected chi connectivity index (χ1v) is 8.04. The van der Waals surface area contributed by atoms with Crippen molar-refractivity contribution in [1.82, 2.24) is 14.6 Å². The maximum absolute atomic E-state index is 13.2. The normalized spacial score (nSPS) is 12.4. The average Bonchev–Trinajstić information content (AvgIpc) is 2.99. The Morgan fingerprint density at radius 2 is 1.70 bits per heavy atom. The van der Waals surface area contributed by atoms with Gasteiger partial charge in [0.15, 0.2) is 11.3 Å². The number of fused-ring (bicyclic) bond motifs is 1. The molecule has 0 bridgehead atoms. The predicted octanol–water partition coefficient (Wildman–Crippen LogP) is 4.49. The molecule has 0 saturated heterocycles. The van der Waals surface area contributed by atoms with E-state index in [1.165, 1.54) is 34.8 Å². The molecule has 2 heterocycles. The van der Waals surface area contributed by atoms with Crippen molar-refractivity contribution in [2.24, 2.45) is 0 Å². The second-order valence-corrected chi connectivity index (χ2v) is 7.08. The van der Waals surface area contributed by atoms with Gasteiger partial charge in [0.2, 0.25) is 0 Å². The molecule has 3 rings (SSSR count). The molecule has 6 nitrogen and oxygen atoms in total. The summed E-state index contributed by atoms with van der Waals surface area (Å²) in [6, 6.07) is 8.05. The Morgan fingerprint density at radius 3 is 2.22 bits per heavy atom. The zero-order valence-corrected chi connectivity index (χ0v) is 14.8. The number of hydrogen-bond acceptors (Lipinski definition) is 4. The summed E-state index contributed by atoms with van der Waals surface area (Å²) in [5.74, 6) is -1.01. The van der Waals surface area contributed by atoms with Crippen molar-refractivity contribution in [3.8, 4) is 0 Å². The maximum Gasteiger partial charge on any atom is 0.433 e. The van der Waals surface area contributed by atoms with Gasteiger partial charge in [0, 0.05) is 23.2 Å². The standard InChI is InChI=1S/C18H17F3N4O2/c1-17(2,3)12-8-15-23-13(18(19,20)21)9-14(25(15)24-12)22-11-6-4-10(5-7-11)16(26)27/h4-9,22H,1-3H3,(H,26,27). The fourth-order valence-electron chi connectivity index (χ4n) is 2.42. The number of carbonyl (C=O) groups is 1. The number of carboxylic acid groups (broad SMARTS) is 1. The van der Waals surface area contributed by atoms with E-state index in [-0.39, 0.29) is 22.4 Å². The van der Waals surface area contributed by atoms with Gasteiger partial charge in [-0.15, -0.1) is 0 Å². The summed E-state index contributed by atoms with van der Waals surface area (Å²) in [4.78, 5) is 14.6. The van der Waals surface area contributed by atoms with Gasteiger partial charge in [-0.05, 0) is 24.3 Å². The number of halogens is 3. The van der Waals surface area contributed by atoms with Gasteiger partial charge in [0.05, 0.1) is 11.3 Å². The van der Waals surface area contributed by atoms with E-state index in [1.807, 2.05) is 20.8 Å². The van der Waals surface area contributed by atoms with E-state index in [4.69, 9.17) is 5.11 Å². The lowest BCUT2D eigenvalue weighted by molar-refractivity contribution is -0.141. The van der Waals surface area contributed by atoms with Gasteiger partial charge < -0.3 is 10.4 Å². The first kappa shape index (κ1) is 18.7. The van der Waals surface area contributed by atoms with Crippen molar-refractivity contribution in [3.05, 3.63) is 53.3 Å². The fourth-order valence-corrected chi connectivity index (χ4v) is 2.42. The van der Waals surface area contributed by atoms with Crippen molar-refractivity contribution < 1.29 is 23.1 Å². The average molecular weight is 378 g/mol. The number of benzene rings is 1. The Kier molecular flexibility index (Phi) is 4.33. The van der Waals surface area contributed by atoms with Crippen LogP contribution in [-0.4, -0.2) is 25.7 Å². The van der Waals surface area contributed by atoms with Crippen LogP contribution in [0.5, 0.6) is 0 Å². The number of aromatic nitrogens is 3. The molecule has 0 aliphatic rings. The lowest BCUT2D eigenvalue weighted by Gasteiger charge is -2.14. The first-order valence-electron chi connectivity index (χ1n) is 8.04. The summed E-state index contributed by atoms with van der Waals surface area (Å²) in [5.41, 5.74) is -0.246. The zero-order chi connectivity index (χ0) is 20.0. The molecule has 0 saturated carbocycles. The highest BCUT2D eigenvalue weighted by Crippen LogP contribution is 2.32. The number of alkyl halides is 3. The van der Waals surface area contributed by atoms with Crippen LogP contribution in [0, 0.1) is 0 Å². The summed E-state index contributed by atoms with van der Waals surface area (Å²) < 4.78 is 41.0. The van der Waals surface area contributed by atoms with Gasteiger partial charge in [-0.1, -0.05) is 20.8 Å². The number of anilines is 2.